The van der Waals surface area contributed by atoms with Crippen LogP contribution in [0.5, 0.6) is 5.75 Å². The Bertz CT molecular complexity index is 1040. The van der Waals surface area contributed by atoms with Crippen LogP contribution in [-0.2, 0) is 0 Å². The standard InChI is InChI=1S/C19H19N5O4/c1-28-16-6-5-14(12-15(16)24(26)27)19(25)22-10-7-13(8-11-22)18-21-20-17-4-2-3-9-23(17)18/h2-6,9,12-13H,7-8,10-11H2,1H3. The minimum Gasteiger partial charge on any atom is -0.490 e. The molecule has 1 amide bonds. The summed E-state index contributed by atoms with van der Waals surface area (Å²) in [5.41, 5.74) is 0.888. The lowest BCUT2D eigenvalue weighted by Crippen LogP contribution is -2.38. The Morgan fingerprint density at radius 1 is 1.21 bits per heavy atom. The molecule has 0 atom stereocenters. The van der Waals surface area contributed by atoms with Crippen LogP contribution >= 0.6 is 0 Å². The monoisotopic (exact) mass is 381 g/mol. The topological polar surface area (TPSA) is 103 Å². The molecule has 3 heterocycles. The van der Waals surface area contributed by atoms with Gasteiger partial charge in [-0.15, -0.1) is 10.2 Å². The largest absolute Gasteiger partial charge is 0.490 e. The molecule has 28 heavy (non-hydrogen) atoms. The number of piperidine rings is 1. The van der Waals surface area contributed by atoms with Gasteiger partial charge in [0.25, 0.3) is 5.91 Å². The van der Waals surface area contributed by atoms with Gasteiger partial charge in [0.2, 0.25) is 0 Å². The van der Waals surface area contributed by atoms with Crippen molar-refractivity contribution in [3.63, 3.8) is 0 Å². The number of methoxy groups -OCH3 is 1. The molecule has 9 nitrogen and oxygen atoms in total. The maximum atomic E-state index is 12.8. The van der Waals surface area contributed by atoms with Crippen molar-refractivity contribution < 1.29 is 14.5 Å². The van der Waals surface area contributed by atoms with Gasteiger partial charge in [0.1, 0.15) is 5.82 Å². The lowest BCUT2D eigenvalue weighted by Gasteiger charge is -2.31. The van der Waals surface area contributed by atoms with E-state index in [2.05, 4.69) is 10.2 Å². The van der Waals surface area contributed by atoms with E-state index in [9.17, 15) is 14.9 Å². The summed E-state index contributed by atoms with van der Waals surface area (Å²) in [6.07, 6.45) is 3.47. The van der Waals surface area contributed by atoms with Gasteiger partial charge in [-0.1, -0.05) is 6.07 Å². The number of amides is 1. The van der Waals surface area contributed by atoms with Gasteiger partial charge in [0.05, 0.1) is 12.0 Å². The molecule has 1 fully saturated rings. The quantitative estimate of drug-likeness (QED) is 0.508. The number of hydrogen-bond acceptors (Lipinski definition) is 6. The summed E-state index contributed by atoms with van der Waals surface area (Å²) in [4.78, 5) is 25.2. The van der Waals surface area contributed by atoms with Gasteiger partial charge >= 0.3 is 5.69 Å². The van der Waals surface area contributed by atoms with E-state index in [0.29, 0.717) is 18.7 Å². The number of ether oxygens (including phenoxy) is 1. The van der Waals surface area contributed by atoms with Crippen LogP contribution < -0.4 is 4.74 Å². The molecular formula is C19H19N5O4. The molecule has 0 saturated carbocycles. The van der Waals surface area contributed by atoms with Crippen LogP contribution in [-0.4, -0.2) is 50.5 Å². The van der Waals surface area contributed by atoms with Crippen molar-refractivity contribution in [3.05, 3.63) is 64.1 Å². The number of rotatable bonds is 4. The summed E-state index contributed by atoms with van der Waals surface area (Å²) in [6.45, 7) is 1.12. The van der Waals surface area contributed by atoms with E-state index in [4.69, 9.17) is 4.74 Å². The van der Waals surface area contributed by atoms with Crippen LogP contribution in [0.2, 0.25) is 0 Å². The first-order valence-corrected chi connectivity index (χ1v) is 9.00. The molecule has 144 valence electrons. The molecule has 0 bridgehead atoms. The lowest BCUT2D eigenvalue weighted by molar-refractivity contribution is -0.385. The summed E-state index contributed by atoms with van der Waals surface area (Å²) >= 11 is 0. The molecule has 2 aromatic heterocycles. The molecule has 0 N–H and O–H groups in total. The van der Waals surface area contributed by atoms with Gasteiger partial charge < -0.3 is 9.64 Å². The minimum atomic E-state index is -0.543. The fourth-order valence-electron chi connectivity index (χ4n) is 3.63. The van der Waals surface area contributed by atoms with E-state index in [1.807, 2.05) is 28.8 Å². The van der Waals surface area contributed by atoms with E-state index < -0.39 is 4.92 Å². The molecule has 3 aromatic rings. The van der Waals surface area contributed by atoms with Crippen molar-refractivity contribution in [1.82, 2.24) is 19.5 Å². The van der Waals surface area contributed by atoms with Gasteiger partial charge in [-0.25, -0.2) is 0 Å². The molecule has 9 heteroatoms. The number of nitro groups is 1. The zero-order valence-electron chi connectivity index (χ0n) is 15.3. The highest BCUT2D eigenvalue weighted by atomic mass is 16.6. The van der Waals surface area contributed by atoms with E-state index in [1.165, 1.54) is 19.2 Å². The summed E-state index contributed by atoms with van der Waals surface area (Å²) < 4.78 is 6.98. The summed E-state index contributed by atoms with van der Waals surface area (Å²) in [5.74, 6) is 1.05. The van der Waals surface area contributed by atoms with Crippen LogP contribution in [0.1, 0.15) is 34.9 Å². The molecule has 0 radical (unpaired) electrons. The average Bonchev–Trinajstić information content (AvgIpc) is 3.17. The SMILES string of the molecule is COc1ccc(C(=O)N2CCC(c3nnc4ccccn34)CC2)cc1[N+](=O)[O-]. The van der Waals surface area contributed by atoms with Crippen molar-refractivity contribution in [1.29, 1.82) is 0 Å². The molecular weight excluding hydrogens is 362 g/mol. The van der Waals surface area contributed by atoms with Crippen LogP contribution in [0.15, 0.2) is 42.6 Å². The number of nitro benzene ring substituents is 1. The van der Waals surface area contributed by atoms with Crippen LogP contribution in [0.25, 0.3) is 5.65 Å². The highest BCUT2D eigenvalue weighted by Crippen LogP contribution is 2.30. The Morgan fingerprint density at radius 2 is 2.00 bits per heavy atom. The summed E-state index contributed by atoms with van der Waals surface area (Å²) in [5, 5.41) is 19.7. The van der Waals surface area contributed by atoms with Gasteiger partial charge in [-0.05, 0) is 37.1 Å². The molecule has 1 aliphatic heterocycles. The fourth-order valence-corrected chi connectivity index (χ4v) is 3.63. The Kier molecular flexibility index (Phi) is 4.64. The predicted octanol–water partition coefficient (Wildman–Crippen LogP) is 2.67. The van der Waals surface area contributed by atoms with Crippen LogP contribution in [0, 0.1) is 10.1 Å². The molecule has 0 spiro atoms. The fraction of sp³-hybridized carbons (Fsp3) is 0.316. The second kappa shape index (κ2) is 7.26. The molecule has 4 rings (SSSR count). The first-order valence-electron chi connectivity index (χ1n) is 9.00. The lowest BCUT2D eigenvalue weighted by atomic mass is 9.95. The molecule has 1 aliphatic rings. The summed E-state index contributed by atoms with van der Waals surface area (Å²) in [6, 6.07) is 10.1. The Hall–Kier alpha value is -3.49. The highest BCUT2D eigenvalue weighted by Gasteiger charge is 2.28. The van der Waals surface area contributed by atoms with E-state index >= 15 is 0 Å². The second-order valence-electron chi connectivity index (χ2n) is 6.70. The predicted molar refractivity (Wildman–Crippen MR) is 101 cm³/mol. The van der Waals surface area contributed by atoms with Gasteiger partial charge in [0.15, 0.2) is 11.4 Å². The molecule has 0 aliphatic carbocycles. The van der Waals surface area contributed by atoms with Gasteiger partial charge in [-0.3, -0.25) is 19.3 Å². The van der Waals surface area contributed by atoms with Crippen molar-refractivity contribution in [2.24, 2.45) is 0 Å². The van der Waals surface area contributed by atoms with Crippen molar-refractivity contribution >= 4 is 17.2 Å². The molecule has 0 unspecified atom stereocenters. The third-order valence-corrected chi connectivity index (χ3v) is 5.11. The van der Waals surface area contributed by atoms with Crippen molar-refractivity contribution in [2.45, 2.75) is 18.8 Å². The Morgan fingerprint density at radius 3 is 2.71 bits per heavy atom. The molecule has 1 saturated heterocycles. The van der Waals surface area contributed by atoms with Crippen LogP contribution in [0.3, 0.4) is 0 Å². The number of carbonyl (C=O) groups excluding carboxylic acids is 1. The van der Waals surface area contributed by atoms with E-state index in [1.54, 1.807) is 11.0 Å². The number of pyridine rings is 1. The number of hydrogen-bond donors (Lipinski definition) is 0. The van der Waals surface area contributed by atoms with Crippen molar-refractivity contribution in [3.8, 4) is 5.75 Å². The first kappa shape index (κ1) is 17.9. The first-order chi connectivity index (χ1) is 13.6. The maximum absolute atomic E-state index is 12.8. The Balaban J connectivity index is 1.48. The second-order valence-corrected chi connectivity index (χ2v) is 6.70. The maximum Gasteiger partial charge on any atom is 0.311 e. The molecule has 1 aromatic carbocycles. The number of carbonyl (C=O) groups is 1. The van der Waals surface area contributed by atoms with Crippen molar-refractivity contribution in [2.75, 3.05) is 20.2 Å². The Labute approximate surface area is 160 Å². The zero-order valence-corrected chi connectivity index (χ0v) is 15.3. The van der Waals surface area contributed by atoms with Gasteiger partial charge in [0, 0.05) is 36.8 Å². The van der Waals surface area contributed by atoms with E-state index in [0.717, 1.165) is 24.3 Å². The number of aromatic nitrogens is 3. The number of benzene rings is 1. The average molecular weight is 381 g/mol. The highest BCUT2D eigenvalue weighted by molar-refractivity contribution is 5.95. The third-order valence-electron chi connectivity index (χ3n) is 5.11. The third kappa shape index (κ3) is 3.15. The van der Waals surface area contributed by atoms with E-state index in [-0.39, 0.29) is 23.3 Å². The number of nitrogens with zero attached hydrogens (tertiary/aromatic N) is 5. The zero-order chi connectivity index (χ0) is 19.7. The van der Waals surface area contributed by atoms with Gasteiger partial charge in [-0.2, -0.15) is 0 Å². The van der Waals surface area contributed by atoms with Crippen LogP contribution in [0.4, 0.5) is 5.69 Å². The normalized spacial score (nSPS) is 15.0. The minimum absolute atomic E-state index is 0.138. The summed E-state index contributed by atoms with van der Waals surface area (Å²) in [7, 11) is 1.36. The number of fused-ring (bicyclic) bond motifs is 1. The number of likely N-dealkylation sites (tertiary alicyclic amines) is 1. The smallest absolute Gasteiger partial charge is 0.311 e.